The van der Waals surface area contributed by atoms with E-state index in [9.17, 15) is 8.78 Å². The van der Waals surface area contributed by atoms with E-state index in [2.05, 4.69) is 11.9 Å². The maximum absolute atomic E-state index is 13.6. The Hall–Kier alpha value is -1.04. The van der Waals surface area contributed by atoms with Crippen LogP contribution in [0.4, 0.5) is 20.4 Å². The molecule has 1 unspecified atom stereocenters. The summed E-state index contributed by atoms with van der Waals surface area (Å²) in [5.41, 5.74) is 5.38. The molecule has 0 radical (unpaired) electrons. The molecule has 0 aliphatic carbocycles. The number of thioether (sulfide) groups is 1. The van der Waals surface area contributed by atoms with E-state index in [4.69, 9.17) is 5.73 Å². The van der Waals surface area contributed by atoms with Gasteiger partial charge in [0.1, 0.15) is 0 Å². The molecular formula is C11H15F2N3S. The summed E-state index contributed by atoms with van der Waals surface area (Å²) in [6.07, 6.45) is 1.03. The minimum Gasteiger partial charge on any atom is -0.381 e. The zero-order chi connectivity index (χ0) is 12.4. The highest BCUT2D eigenvalue weighted by Crippen LogP contribution is 2.27. The van der Waals surface area contributed by atoms with Crippen LogP contribution in [0.25, 0.3) is 0 Å². The lowest BCUT2D eigenvalue weighted by Crippen LogP contribution is -2.38. The Kier molecular flexibility index (Phi) is 3.71. The van der Waals surface area contributed by atoms with Gasteiger partial charge in [0.15, 0.2) is 23.3 Å². The van der Waals surface area contributed by atoms with Crippen molar-refractivity contribution in [1.29, 1.82) is 0 Å². The average molecular weight is 259 g/mol. The molecule has 0 spiro atoms. The predicted octanol–water partition coefficient (Wildman–Crippen LogP) is 2.27. The first-order valence-electron chi connectivity index (χ1n) is 5.60. The summed E-state index contributed by atoms with van der Waals surface area (Å²) in [6.45, 7) is 3.55. The molecule has 2 heterocycles. The van der Waals surface area contributed by atoms with Crippen LogP contribution in [0.1, 0.15) is 13.3 Å². The number of halogens is 2. The van der Waals surface area contributed by atoms with Crippen LogP contribution in [0.3, 0.4) is 0 Å². The van der Waals surface area contributed by atoms with E-state index in [1.54, 1.807) is 0 Å². The highest BCUT2D eigenvalue weighted by molar-refractivity contribution is 8.00. The number of nitrogens with two attached hydrogens (primary N) is 1. The largest absolute Gasteiger partial charge is 0.381 e. The SMILES string of the molecule is CCC1CN(c2nc(N)c(F)cc2F)CCS1. The van der Waals surface area contributed by atoms with Gasteiger partial charge in [-0.2, -0.15) is 11.8 Å². The van der Waals surface area contributed by atoms with E-state index in [1.165, 1.54) is 0 Å². The molecule has 0 aromatic carbocycles. The lowest BCUT2D eigenvalue weighted by atomic mass is 10.3. The fraction of sp³-hybridized carbons (Fsp3) is 0.545. The summed E-state index contributed by atoms with van der Waals surface area (Å²) in [7, 11) is 0. The number of anilines is 2. The Morgan fingerprint density at radius 2 is 2.29 bits per heavy atom. The van der Waals surface area contributed by atoms with Gasteiger partial charge < -0.3 is 10.6 Å². The van der Waals surface area contributed by atoms with Gasteiger partial charge in [-0.05, 0) is 6.42 Å². The topological polar surface area (TPSA) is 42.2 Å². The normalized spacial score (nSPS) is 20.6. The van der Waals surface area contributed by atoms with Crippen LogP contribution in [0.5, 0.6) is 0 Å². The molecule has 17 heavy (non-hydrogen) atoms. The number of aromatic nitrogens is 1. The second kappa shape index (κ2) is 5.08. The molecule has 1 aromatic heterocycles. The predicted molar refractivity (Wildman–Crippen MR) is 67.3 cm³/mol. The smallest absolute Gasteiger partial charge is 0.168 e. The Labute approximate surface area is 103 Å². The molecule has 1 aromatic rings. The molecule has 1 saturated heterocycles. The molecule has 1 fully saturated rings. The molecule has 3 nitrogen and oxygen atoms in total. The molecule has 2 N–H and O–H groups in total. The van der Waals surface area contributed by atoms with E-state index in [0.717, 1.165) is 31.3 Å². The van der Waals surface area contributed by atoms with Gasteiger partial charge >= 0.3 is 0 Å². The fourth-order valence-electron chi connectivity index (χ4n) is 1.85. The molecular weight excluding hydrogens is 244 g/mol. The quantitative estimate of drug-likeness (QED) is 0.884. The van der Waals surface area contributed by atoms with Gasteiger partial charge in [0.25, 0.3) is 0 Å². The van der Waals surface area contributed by atoms with Gasteiger partial charge in [0, 0.05) is 30.2 Å². The lowest BCUT2D eigenvalue weighted by molar-refractivity contribution is 0.569. The maximum Gasteiger partial charge on any atom is 0.168 e. The average Bonchev–Trinajstić information content (AvgIpc) is 2.34. The summed E-state index contributed by atoms with van der Waals surface area (Å²) < 4.78 is 26.7. The molecule has 94 valence electrons. The van der Waals surface area contributed by atoms with E-state index in [1.807, 2.05) is 16.7 Å². The van der Waals surface area contributed by atoms with Crippen molar-refractivity contribution in [2.45, 2.75) is 18.6 Å². The first kappa shape index (κ1) is 12.4. The van der Waals surface area contributed by atoms with Crippen LogP contribution in [0, 0.1) is 11.6 Å². The molecule has 1 aliphatic rings. The number of pyridine rings is 1. The first-order chi connectivity index (χ1) is 8.11. The molecule has 0 amide bonds. The third-order valence-corrected chi connectivity index (χ3v) is 4.20. The van der Waals surface area contributed by atoms with Crippen LogP contribution >= 0.6 is 11.8 Å². The molecule has 0 saturated carbocycles. The van der Waals surface area contributed by atoms with Crippen LogP contribution in [0.2, 0.25) is 0 Å². The van der Waals surface area contributed by atoms with Gasteiger partial charge in [-0.25, -0.2) is 13.8 Å². The Morgan fingerprint density at radius 3 is 3.00 bits per heavy atom. The summed E-state index contributed by atoms with van der Waals surface area (Å²) in [5.74, 6) is -0.588. The Morgan fingerprint density at radius 1 is 1.53 bits per heavy atom. The molecule has 1 aliphatic heterocycles. The van der Waals surface area contributed by atoms with Gasteiger partial charge in [0.2, 0.25) is 0 Å². The monoisotopic (exact) mass is 259 g/mol. The summed E-state index contributed by atoms with van der Waals surface area (Å²) in [6, 6.07) is 0.806. The number of nitrogen functional groups attached to an aromatic ring is 1. The highest BCUT2D eigenvalue weighted by atomic mass is 32.2. The second-order valence-corrected chi connectivity index (χ2v) is 5.42. The van der Waals surface area contributed by atoms with Crippen molar-refractivity contribution >= 4 is 23.4 Å². The Bertz CT molecular complexity index is 414. The van der Waals surface area contributed by atoms with Gasteiger partial charge in [-0.1, -0.05) is 6.92 Å². The van der Waals surface area contributed by atoms with E-state index < -0.39 is 11.6 Å². The summed E-state index contributed by atoms with van der Waals surface area (Å²) >= 11 is 1.88. The van der Waals surface area contributed by atoms with Crippen molar-refractivity contribution in [2.24, 2.45) is 0 Å². The van der Waals surface area contributed by atoms with Crippen molar-refractivity contribution < 1.29 is 8.78 Å². The van der Waals surface area contributed by atoms with Gasteiger partial charge in [0.05, 0.1) is 0 Å². The van der Waals surface area contributed by atoms with E-state index in [-0.39, 0.29) is 11.6 Å². The first-order valence-corrected chi connectivity index (χ1v) is 6.64. The standard InChI is InChI=1S/C11H15F2N3S/c1-2-7-6-16(3-4-17-7)11-9(13)5-8(12)10(14)15-11/h5,7H,2-4,6H2,1H3,(H2,14,15). The zero-order valence-corrected chi connectivity index (χ0v) is 10.4. The molecule has 6 heteroatoms. The molecule has 0 bridgehead atoms. The lowest BCUT2D eigenvalue weighted by Gasteiger charge is -2.33. The van der Waals surface area contributed by atoms with Crippen molar-refractivity contribution in [3.8, 4) is 0 Å². The second-order valence-electron chi connectivity index (χ2n) is 4.01. The zero-order valence-electron chi connectivity index (χ0n) is 9.62. The summed E-state index contributed by atoms with van der Waals surface area (Å²) in [4.78, 5) is 5.65. The minimum atomic E-state index is -0.801. The third kappa shape index (κ3) is 2.62. The van der Waals surface area contributed by atoms with E-state index in [0.29, 0.717) is 5.25 Å². The van der Waals surface area contributed by atoms with Crippen LogP contribution < -0.4 is 10.6 Å². The van der Waals surface area contributed by atoms with Crippen molar-refractivity contribution in [2.75, 3.05) is 29.5 Å². The maximum atomic E-state index is 13.6. The highest BCUT2D eigenvalue weighted by Gasteiger charge is 2.23. The third-order valence-electron chi connectivity index (χ3n) is 2.83. The molecule has 1 atom stereocenters. The Balaban J connectivity index is 2.24. The number of rotatable bonds is 2. The van der Waals surface area contributed by atoms with Crippen LogP contribution in [0.15, 0.2) is 6.07 Å². The number of nitrogens with zero attached hydrogens (tertiary/aromatic N) is 2. The van der Waals surface area contributed by atoms with Crippen molar-refractivity contribution in [3.05, 3.63) is 17.7 Å². The van der Waals surface area contributed by atoms with Crippen LogP contribution in [-0.4, -0.2) is 29.1 Å². The van der Waals surface area contributed by atoms with Crippen LogP contribution in [-0.2, 0) is 0 Å². The van der Waals surface area contributed by atoms with Gasteiger partial charge in [-0.15, -0.1) is 0 Å². The molecule has 2 rings (SSSR count). The summed E-state index contributed by atoms with van der Waals surface area (Å²) in [5, 5.41) is 0.469. The number of hydrogen-bond donors (Lipinski definition) is 1. The number of hydrogen-bond acceptors (Lipinski definition) is 4. The minimum absolute atomic E-state index is 0.169. The van der Waals surface area contributed by atoms with Crippen molar-refractivity contribution in [3.63, 3.8) is 0 Å². The fourth-order valence-corrected chi connectivity index (χ4v) is 3.03. The van der Waals surface area contributed by atoms with Crippen molar-refractivity contribution in [1.82, 2.24) is 4.98 Å². The van der Waals surface area contributed by atoms with Gasteiger partial charge in [-0.3, -0.25) is 0 Å². The van der Waals surface area contributed by atoms with E-state index >= 15 is 0 Å².